The Bertz CT molecular complexity index is 4250. The number of para-hydroxylation sites is 4. The molecule has 0 aliphatic carbocycles. The Balaban J connectivity index is 1.10. The van der Waals surface area contributed by atoms with Crippen LogP contribution >= 0.6 is 0 Å². The smallest absolute Gasteiger partial charge is 0.326 e. The minimum atomic E-state index is -1.52. The van der Waals surface area contributed by atoms with Gasteiger partial charge in [-0.2, -0.15) is 0 Å². The lowest BCUT2D eigenvalue weighted by molar-refractivity contribution is -0.142. The molecule has 31 heteroatoms. The van der Waals surface area contributed by atoms with E-state index in [0.717, 1.165) is 10.9 Å². The van der Waals surface area contributed by atoms with Crippen molar-refractivity contribution < 1.29 is 53.4 Å². The summed E-state index contributed by atoms with van der Waals surface area (Å²) in [5.74, 6) is -9.35. The second-order valence-corrected chi connectivity index (χ2v) is 25.8. The van der Waals surface area contributed by atoms with E-state index in [0.29, 0.717) is 67.8 Å². The van der Waals surface area contributed by atoms with E-state index >= 15 is 19.2 Å². The molecule has 4 aromatic carbocycles. The van der Waals surface area contributed by atoms with Gasteiger partial charge in [-0.1, -0.05) is 86.6 Å². The van der Waals surface area contributed by atoms with Crippen LogP contribution in [0.4, 0.5) is 0 Å². The van der Waals surface area contributed by atoms with Gasteiger partial charge in [0.25, 0.3) is 0 Å². The van der Waals surface area contributed by atoms with Gasteiger partial charge in [-0.25, -0.2) is 4.79 Å². The highest BCUT2D eigenvalue weighted by molar-refractivity contribution is 6.00. The van der Waals surface area contributed by atoms with Gasteiger partial charge in [-0.05, 0) is 111 Å². The van der Waals surface area contributed by atoms with Crippen LogP contribution < -0.4 is 76.1 Å². The zero-order valence-corrected chi connectivity index (χ0v) is 57.2. The Morgan fingerprint density at radius 1 is 0.412 bits per heavy atom. The SMILES string of the molecule is CC(C)[C@H](NC(=O)[C@H](CCCCN)NC(=O)[C@H](CCCNC(=N)N)NC(=O)[C@@H](N)[C@@H](C)O)C(=O)N[C@@H](Cc1c[nH]c2ccccc12)C(=O)N[C@@H](Cc1c[nH]c2ccccc12)C(=O)N[C@@H](Cc1c[nH]c2ccccc12)C(=O)N[C@@H](CCCNC(=N)N)C(=O)N[C@@H](Cc1c[nH]c2ccccc12)C(=O)O. The van der Waals surface area contributed by atoms with Crippen molar-refractivity contribution in [3.8, 4) is 0 Å². The summed E-state index contributed by atoms with van der Waals surface area (Å²) in [4.78, 5) is 144. The Morgan fingerprint density at radius 3 is 1.04 bits per heavy atom. The number of carbonyl (C=O) groups excluding carboxylic acids is 8. The van der Waals surface area contributed by atoms with Crippen LogP contribution in [-0.4, -0.2) is 175 Å². The van der Waals surface area contributed by atoms with Crippen molar-refractivity contribution in [1.82, 2.24) is 73.1 Å². The van der Waals surface area contributed by atoms with Crippen LogP contribution in [0.3, 0.4) is 0 Å². The number of carboxylic acids is 1. The molecule has 8 amide bonds. The van der Waals surface area contributed by atoms with E-state index in [9.17, 15) is 34.2 Å². The first-order chi connectivity index (χ1) is 48.9. The van der Waals surface area contributed by atoms with Crippen LogP contribution in [0.2, 0.25) is 0 Å². The number of aromatic nitrogens is 4. The quantitative estimate of drug-likeness (QED) is 0.0144. The molecule has 31 nitrogen and oxygen atoms in total. The molecule has 0 spiro atoms. The first-order valence-corrected chi connectivity index (χ1v) is 34.0. The minimum Gasteiger partial charge on any atom is -0.480 e. The van der Waals surface area contributed by atoms with Gasteiger partial charge < -0.3 is 106 Å². The number of nitrogens with one attached hydrogen (secondary N) is 16. The summed E-state index contributed by atoms with van der Waals surface area (Å²) in [6, 6.07) is 16.3. The molecule has 8 rings (SSSR count). The van der Waals surface area contributed by atoms with Crippen molar-refractivity contribution in [2.45, 2.75) is 152 Å². The third-order valence-corrected chi connectivity index (χ3v) is 17.8. The fourth-order valence-corrected chi connectivity index (χ4v) is 12.2. The van der Waals surface area contributed by atoms with E-state index < -0.39 is 120 Å². The Labute approximate surface area is 588 Å². The predicted molar refractivity (Wildman–Crippen MR) is 387 cm³/mol. The molecule has 544 valence electrons. The molecule has 0 aliphatic rings. The molecule has 4 aromatic heterocycles. The highest BCUT2D eigenvalue weighted by atomic mass is 16.4. The number of hydrogen-bond donors (Lipinski definition) is 22. The predicted octanol–water partition coefficient (Wildman–Crippen LogP) is 0.865. The number of carboxylic acid groups (broad SMARTS) is 1. The second kappa shape index (κ2) is 36.7. The summed E-state index contributed by atoms with van der Waals surface area (Å²) in [7, 11) is 0. The molecule has 102 heavy (non-hydrogen) atoms. The number of unbranched alkanes of at least 4 members (excludes halogenated alkanes) is 1. The van der Waals surface area contributed by atoms with E-state index in [1.165, 1.54) is 6.92 Å². The van der Waals surface area contributed by atoms with E-state index in [1.807, 2.05) is 72.8 Å². The number of rotatable bonds is 39. The Kier molecular flexibility index (Phi) is 27.5. The number of nitrogens with two attached hydrogens (primary N) is 4. The maximum Gasteiger partial charge on any atom is 0.326 e. The number of hydrogen-bond acceptors (Lipinski definition) is 14. The summed E-state index contributed by atoms with van der Waals surface area (Å²) < 4.78 is 0. The number of H-pyrrole nitrogens is 4. The molecule has 0 bridgehead atoms. The third-order valence-electron chi connectivity index (χ3n) is 17.8. The molecule has 0 unspecified atom stereocenters. The molecule has 0 radical (unpaired) electrons. The number of aliphatic carboxylic acids is 1. The molecular formula is C71H94N20O11. The lowest BCUT2D eigenvalue weighted by Crippen LogP contribution is -2.61. The second-order valence-electron chi connectivity index (χ2n) is 25.8. The molecule has 0 saturated heterocycles. The lowest BCUT2D eigenvalue weighted by atomic mass is 9.98. The van der Waals surface area contributed by atoms with Crippen molar-refractivity contribution >= 4 is 109 Å². The molecular weight excluding hydrogens is 1310 g/mol. The van der Waals surface area contributed by atoms with E-state index in [2.05, 4.69) is 73.1 Å². The summed E-state index contributed by atoms with van der Waals surface area (Å²) in [6.45, 7) is 5.13. The van der Waals surface area contributed by atoms with Crippen molar-refractivity contribution in [1.29, 1.82) is 10.8 Å². The Hall–Kier alpha value is -11.3. The van der Waals surface area contributed by atoms with Crippen molar-refractivity contribution in [2.75, 3.05) is 19.6 Å². The molecule has 8 aromatic rings. The number of aliphatic hydroxyl groups excluding tert-OH is 1. The van der Waals surface area contributed by atoms with E-state index in [-0.39, 0.29) is 89.3 Å². The van der Waals surface area contributed by atoms with Crippen molar-refractivity contribution in [3.63, 3.8) is 0 Å². The first kappa shape index (κ1) is 76.4. The van der Waals surface area contributed by atoms with Gasteiger partial charge in [0.1, 0.15) is 54.4 Å². The topological polar surface area (TPSA) is 529 Å². The molecule has 0 aliphatic heterocycles. The number of benzene rings is 4. The van der Waals surface area contributed by atoms with Gasteiger partial charge in [0.05, 0.1) is 6.10 Å². The normalized spacial score (nSPS) is 14.4. The molecule has 26 N–H and O–H groups in total. The highest BCUT2D eigenvalue weighted by Crippen LogP contribution is 2.25. The monoisotopic (exact) mass is 1400 g/mol. The number of amides is 8. The van der Waals surface area contributed by atoms with Crippen LogP contribution in [0, 0.1) is 16.7 Å². The molecule has 4 heterocycles. The molecule has 10 atom stereocenters. The Morgan fingerprint density at radius 2 is 0.706 bits per heavy atom. The highest BCUT2D eigenvalue weighted by Gasteiger charge is 2.37. The van der Waals surface area contributed by atoms with Crippen LogP contribution in [0.1, 0.15) is 88.0 Å². The van der Waals surface area contributed by atoms with Crippen LogP contribution in [-0.2, 0) is 68.8 Å². The average molecular weight is 1400 g/mol. The first-order valence-electron chi connectivity index (χ1n) is 34.0. The number of guanidine groups is 2. The van der Waals surface area contributed by atoms with Crippen molar-refractivity contribution in [2.24, 2.45) is 28.9 Å². The number of fused-ring (bicyclic) bond motifs is 4. The zero-order chi connectivity index (χ0) is 73.6. The largest absolute Gasteiger partial charge is 0.480 e. The summed E-state index contributed by atoms with van der Waals surface area (Å²) in [6.07, 6.45) is 5.86. The van der Waals surface area contributed by atoms with Crippen molar-refractivity contribution in [3.05, 3.63) is 144 Å². The average Bonchev–Trinajstić information content (AvgIpc) is 1.64. The van der Waals surface area contributed by atoms with Crippen LogP contribution in [0.25, 0.3) is 43.6 Å². The standard InChI is InChI=1S/C71H94N20O11/c1-38(2)60(91-63(95)52(24-12-13-27-72)84-61(93)54(26-15-29-79-71(76)77)86-67(99)59(73)39(3)92)68(100)89-57(32-42-36-82-50-22-10-6-18-46(42)50)66(98)88-56(31-41-35-81-49-21-9-5-17-45(41)49)65(97)87-55(30-40-34-80-48-20-8-4-16-44(40)48)64(96)85-53(25-14-28-78-70(74)75)62(94)90-58(69(101)102)33-43-37-83-51-23-11-7-19-47(43)51/h4-11,16-23,34-39,52-60,80-83,92H,12-15,24-33,72-73H2,1-3H3,(H,84,93)(H,85,96)(H,86,99)(H,87,97)(H,88,98)(H,89,100)(H,90,94)(H,91,95)(H,101,102)(H4,74,75,78)(H4,76,77,79)/t39-,52+,53+,54+,55+,56+,57+,58+,59+,60+/m1/s1. The molecule has 0 fully saturated rings. The van der Waals surface area contributed by atoms with Gasteiger partial charge in [0.2, 0.25) is 47.3 Å². The van der Waals surface area contributed by atoms with E-state index in [4.69, 9.17) is 33.8 Å². The van der Waals surface area contributed by atoms with Gasteiger partial charge in [-0.3, -0.25) is 49.2 Å². The van der Waals surface area contributed by atoms with Gasteiger partial charge in [0, 0.05) is 107 Å². The maximum atomic E-state index is 15.6. The van der Waals surface area contributed by atoms with Gasteiger partial charge in [0.15, 0.2) is 11.9 Å². The summed E-state index contributed by atoms with van der Waals surface area (Å²) >= 11 is 0. The lowest BCUT2D eigenvalue weighted by Gasteiger charge is -2.29. The third kappa shape index (κ3) is 21.1. The molecule has 0 saturated carbocycles. The van der Waals surface area contributed by atoms with Crippen LogP contribution in [0.15, 0.2) is 122 Å². The minimum absolute atomic E-state index is 0.0143. The maximum absolute atomic E-state index is 15.6. The van der Waals surface area contributed by atoms with Gasteiger partial charge in [-0.15, -0.1) is 0 Å². The number of carbonyl (C=O) groups is 9. The number of aromatic amines is 4. The fraction of sp³-hybridized carbons (Fsp3) is 0.394. The summed E-state index contributed by atoms with van der Waals surface area (Å²) in [5.41, 5.74) is 28.1. The van der Waals surface area contributed by atoms with Crippen LogP contribution in [0.5, 0.6) is 0 Å². The van der Waals surface area contributed by atoms with E-state index in [1.54, 1.807) is 62.9 Å². The summed E-state index contributed by atoms with van der Waals surface area (Å²) in [5, 5.41) is 66.2. The fourth-order valence-electron chi connectivity index (χ4n) is 12.2. The number of aliphatic hydroxyl groups is 1. The van der Waals surface area contributed by atoms with Gasteiger partial charge >= 0.3 is 5.97 Å². The zero-order valence-electron chi connectivity index (χ0n) is 57.2.